The zero-order chi connectivity index (χ0) is 18.0. The summed E-state index contributed by atoms with van der Waals surface area (Å²) in [6, 6.07) is 16.2. The molecular formula is C21H23NO2S. The number of rotatable bonds is 5. The Bertz CT molecular complexity index is 752. The van der Waals surface area contributed by atoms with Gasteiger partial charge in [-0.1, -0.05) is 48.2 Å². The molecule has 2 aromatic rings. The van der Waals surface area contributed by atoms with Crippen molar-refractivity contribution in [3.63, 3.8) is 0 Å². The molecule has 1 amide bonds. The number of carbonyl (C=O) groups is 2. The maximum atomic E-state index is 13.2. The van der Waals surface area contributed by atoms with Gasteiger partial charge in [-0.2, -0.15) is 0 Å². The summed E-state index contributed by atoms with van der Waals surface area (Å²) in [4.78, 5) is 29.8. The van der Waals surface area contributed by atoms with Crippen molar-refractivity contribution in [1.29, 1.82) is 0 Å². The molecule has 0 aliphatic carbocycles. The van der Waals surface area contributed by atoms with Gasteiger partial charge in [0.15, 0.2) is 0 Å². The molecule has 1 aliphatic heterocycles. The molecule has 0 radical (unpaired) electrons. The van der Waals surface area contributed by atoms with Crippen molar-refractivity contribution in [3.05, 3.63) is 59.7 Å². The van der Waals surface area contributed by atoms with Crippen LogP contribution in [-0.4, -0.2) is 29.7 Å². The summed E-state index contributed by atoms with van der Waals surface area (Å²) >= 11 is 1.71. The summed E-state index contributed by atoms with van der Waals surface area (Å²) in [6.45, 7) is 6.68. The van der Waals surface area contributed by atoms with Gasteiger partial charge in [0, 0.05) is 28.8 Å². The van der Waals surface area contributed by atoms with Crippen molar-refractivity contribution in [2.75, 3.05) is 13.1 Å². The maximum Gasteiger partial charge on any atom is 0.234 e. The van der Waals surface area contributed by atoms with Gasteiger partial charge in [-0.15, -0.1) is 0 Å². The monoisotopic (exact) mass is 353 g/mol. The average Bonchev–Trinajstić information content (AvgIpc) is 2.62. The minimum absolute atomic E-state index is 0.0704. The molecule has 0 spiro atoms. The van der Waals surface area contributed by atoms with Crippen LogP contribution < -0.4 is 0 Å². The van der Waals surface area contributed by atoms with Crippen molar-refractivity contribution >= 4 is 23.5 Å². The third-order valence-corrected chi connectivity index (χ3v) is 6.02. The average molecular weight is 353 g/mol. The SMILES string of the molecule is CCN(CC)C(=O)[C@H](C(C)=O)C1c2ccccc2Sc2ccccc21. The standard InChI is InChI=1S/C21H23NO2S/c1-4-22(5-2)21(24)19(14(3)23)20-15-10-6-8-12-17(15)25-18-13-9-7-11-16(18)20/h6-13,19-20H,4-5H2,1-3H3/t19-/m1/s1. The highest BCUT2D eigenvalue weighted by molar-refractivity contribution is 7.99. The lowest BCUT2D eigenvalue weighted by Gasteiger charge is -2.34. The van der Waals surface area contributed by atoms with Gasteiger partial charge < -0.3 is 4.90 Å². The number of ketones is 1. The molecule has 1 heterocycles. The Balaban J connectivity index is 2.16. The van der Waals surface area contributed by atoms with Crippen molar-refractivity contribution in [2.45, 2.75) is 36.5 Å². The Morgan fingerprint density at radius 1 is 0.960 bits per heavy atom. The minimum atomic E-state index is -0.678. The predicted molar refractivity (Wildman–Crippen MR) is 101 cm³/mol. The van der Waals surface area contributed by atoms with Crippen LogP contribution in [0.1, 0.15) is 37.8 Å². The molecule has 1 aliphatic rings. The third kappa shape index (κ3) is 3.23. The van der Waals surface area contributed by atoms with Crippen LogP contribution >= 0.6 is 11.8 Å². The van der Waals surface area contributed by atoms with E-state index in [1.807, 2.05) is 50.2 Å². The number of nitrogens with zero attached hydrogens (tertiary/aromatic N) is 1. The highest BCUT2D eigenvalue weighted by atomic mass is 32.2. The fourth-order valence-corrected chi connectivity index (χ4v) is 4.74. The number of hydrogen-bond acceptors (Lipinski definition) is 3. The van der Waals surface area contributed by atoms with Crippen LogP contribution in [0.2, 0.25) is 0 Å². The van der Waals surface area contributed by atoms with E-state index in [1.54, 1.807) is 23.6 Å². The lowest BCUT2D eigenvalue weighted by molar-refractivity contribution is -0.141. The number of benzene rings is 2. The molecule has 0 unspecified atom stereocenters. The molecule has 130 valence electrons. The predicted octanol–water partition coefficient (Wildman–Crippen LogP) is 4.36. The van der Waals surface area contributed by atoms with E-state index in [-0.39, 0.29) is 17.6 Å². The largest absolute Gasteiger partial charge is 0.343 e. The van der Waals surface area contributed by atoms with E-state index in [1.165, 1.54) is 0 Å². The number of Topliss-reactive ketones (excluding diaryl/α,β-unsaturated/α-hetero) is 1. The van der Waals surface area contributed by atoms with Gasteiger partial charge in [0.05, 0.1) is 0 Å². The van der Waals surface area contributed by atoms with Crippen molar-refractivity contribution in [2.24, 2.45) is 5.92 Å². The van der Waals surface area contributed by atoms with Gasteiger partial charge in [0.25, 0.3) is 0 Å². The van der Waals surface area contributed by atoms with E-state index >= 15 is 0 Å². The maximum absolute atomic E-state index is 13.2. The summed E-state index contributed by atoms with van der Waals surface area (Å²) in [6.07, 6.45) is 0. The highest BCUT2D eigenvalue weighted by Crippen LogP contribution is 2.49. The number of hydrogen-bond donors (Lipinski definition) is 0. The molecule has 0 saturated heterocycles. The molecule has 1 atom stereocenters. The van der Waals surface area contributed by atoms with E-state index in [4.69, 9.17) is 0 Å². The van der Waals surface area contributed by atoms with Crippen LogP contribution in [-0.2, 0) is 9.59 Å². The van der Waals surface area contributed by atoms with Crippen LogP contribution in [0.3, 0.4) is 0 Å². The van der Waals surface area contributed by atoms with E-state index in [0.29, 0.717) is 13.1 Å². The quantitative estimate of drug-likeness (QED) is 0.750. The Morgan fingerprint density at radius 2 is 1.44 bits per heavy atom. The van der Waals surface area contributed by atoms with Crippen LogP contribution in [0, 0.1) is 5.92 Å². The van der Waals surface area contributed by atoms with Crippen LogP contribution in [0.15, 0.2) is 58.3 Å². The van der Waals surface area contributed by atoms with Crippen molar-refractivity contribution < 1.29 is 9.59 Å². The van der Waals surface area contributed by atoms with Crippen molar-refractivity contribution in [3.8, 4) is 0 Å². The molecule has 0 saturated carbocycles. The Kier molecular flexibility index (Phi) is 5.28. The van der Waals surface area contributed by atoms with Gasteiger partial charge in [-0.3, -0.25) is 9.59 Å². The van der Waals surface area contributed by atoms with E-state index in [9.17, 15) is 9.59 Å². The molecule has 3 nitrogen and oxygen atoms in total. The number of amides is 1. The highest BCUT2D eigenvalue weighted by Gasteiger charge is 2.40. The molecule has 0 aromatic heterocycles. The van der Waals surface area contributed by atoms with Gasteiger partial charge in [0.2, 0.25) is 5.91 Å². The minimum Gasteiger partial charge on any atom is -0.343 e. The molecular weight excluding hydrogens is 330 g/mol. The summed E-state index contributed by atoms with van der Waals surface area (Å²) in [5, 5.41) is 0. The van der Waals surface area contributed by atoms with E-state index < -0.39 is 5.92 Å². The Morgan fingerprint density at radius 3 is 1.88 bits per heavy atom. The van der Waals surface area contributed by atoms with Crippen LogP contribution in [0.25, 0.3) is 0 Å². The molecule has 0 bridgehead atoms. The number of fused-ring (bicyclic) bond motifs is 2. The summed E-state index contributed by atoms with van der Waals surface area (Å²) in [7, 11) is 0. The van der Waals surface area contributed by atoms with Gasteiger partial charge in [-0.25, -0.2) is 0 Å². The zero-order valence-corrected chi connectivity index (χ0v) is 15.7. The fraction of sp³-hybridized carbons (Fsp3) is 0.333. The first-order valence-electron chi connectivity index (χ1n) is 8.73. The summed E-state index contributed by atoms with van der Waals surface area (Å²) in [5.41, 5.74) is 2.15. The molecule has 3 rings (SSSR count). The van der Waals surface area contributed by atoms with Gasteiger partial charge >= 0.3 is 0 Å². The van der Waals surface area contributed by atoms with Crippen molar-refractivity contribution in [1.82, 2.24) is 4.90 Å². The van der Waals surface area contributed by atoms with E-state index in [0.717, 1.165) is 20.9 Å². The second-order valence-electron chi connectivity index (χ2n) is 6.25. The summed E-state index contributed by atoms with van der Waals surface area (Å²) in [5.74, 6) is -1.04. The Hall–Kier alpha value is -2.07. The molecule has 4 heteroatoms. The van der Waals surface area contributed by atoms with Crippen LogP contribution in [0.5, 0.6) is 0 Å². The topological polar surface area (TPSA) is 37.4 Å². The van der Waals surface area contributed by atoms with E-state index in [2.05, 4.69) is 12.1 Å². The third-order valence-electron chi connectivity index (χ3n) is 4.84. The zero-order valence-electron chi connectivity index (χ0n) is 14.9. The second kappa shape index (κ2) is 7.44. The molecule has 25 heavy (non-hydrogen) atoms. The smallest absolute Gasteiger partial charge is 0.234 e. The Labute approximate surface area is 153 Å². The van der Waals surface area contributed by atoms with Gasteiger partial charge in [0.1, 0.15) is 11.7 Å². The lowest BCUT2D eigenvalue weighted by Crippen LogP contribution is -2.42. The first kappa shape index (κ1) is 17.7. The fourth-order valence-electron chi connectivity index (χ4n) is 3.59. The number of carbonyl (C=O) groups excluding carboxylic acids is 2. The first-order valence-corrected chi connectivity index (χ1v) is 9.55. The normalized spacial score (nSPS) is 14.4. The molecule has 2 aromatic carbocycles. The first-order chi connectivity index (χ1) is 12.1. The van der Waals surface area contributed by atoms with Crippen LogP contribution in [0.4, 0.5) is 0 Å². The summed E-state index contributed by atoms with van der Waals surface area (Å²) < 4.78 is 0. The molecule has 0 fully saturated rings. The lowest BCUT2D eigenvalue weighted by atomic mass is 9.77. The molecule has 0 N–H and O–H groups in total. The van der Waals surface area contributed by atoms with Gasteiger partial charge in [-0.05, 0) is 44.0 Å². The second-order valence-corrected chi connectivity index (χ2v) is 7.34.